The van der Waals surface area contributed by atoms with E-state index in [0.717, 1.165) is 94.8 Å². The van der Waals surface area contributed by atoms with Crippen molar-refractivity contribution in [3.63, 3.8) is 0 Å². The van der Waals surface area contributed by atoms with E-state index >= 15 is 0 Å². The summed E-state index contributed by atoms with van der Waals surface area (Å²) in [4.78, 5) is 25.8. The molecular weight excluding hydrogens is 630 g/mol. The van der Waals surface area contributed by atoms with E-state index in [-0.39, 0.29) is 11.9 Å². The average Bonchev–Trinajstić information content (AvgIpc) is 2.81. The molecule has 33 heavy (non-hydrogen) atoms. The molecule has 0 aliphatic heterocycles. The molecule has 0 atom stereocenters. The second-order valence-corrected chi connectivity index (χ2v) is 31.3. The molecule has 0 saturated carbocycles. The van der Waals surface area contributed by atoms with Crippen LogP contribution in [0.1, 0.15) is 131 Å². The molecule has 0 unspecified atom stereocenters. The van der Waals surface area contributed by atoms with Crippen molar-refractivity contribution in [2.24, 2.45) is 0 Å². The van der Waals surface area contributed by atoms with Crippen LogP contribution >= 0.6 is 0 Å². The molecule has 0 aromatic carbocycles. The number of hydrogen-bond acceptors (Lipinski definition) is 5. The van der Waals surface area contributed by atoms with Crippen LogP contribution in [0.25, 0.3) is 0 Å². The first kappa shape index (κ1) is 33.5. The molecule has 0 bridgehead atoms. The van der Waals surface area contributed by atoms with Crippen LogP contribution in [0.2, 0.25) is 17.7 Å². The maximum absolute atomic E-state index is 12.9. The molecule has 0 aliphatic rings. The molecule has 0 heterocycles. The molecule has 0 radical (unpaired) electrons. The van der Waals surface area contributed by atoms with Crippen molar-refractivity contribution in [3.8, 4) is 0 Å². The number of carbonyl (C=O) groups is 2. The van der Waals surface area contributed by atoms with Crippen LogP contribution in [0.5, 0.6) is 0 Å². The second kappa shape index (κ2) is 20.7. The zero-order chi connectivity index (χ0) is 25.0. The van der Waals surface area contributed by atoms with Crippen LogP contribution in [-0.4, -0.2) is 50.3 Å². The summed E-state index contributed by atoms with van der Waals surface area (Å²) in [6.45, 7) is 12.9. The molecule has 0 aliphatic carbocycles. The van der Waals surface area contributed by atoms with Crippen molar-refractivity contribution in [2.75, 3.05) is 0 Å². The monoisotopic (exact) mass is 686 g/mol. The van der Waals surface area contributed by atoms with Gasteiger partial charge in [-0.3, -0.25) is 0 Å². The van der Waals surface area contributed by atoms with Gasteiger partial charge in [0.15, 0.2) is 0 Å². The van der Waals surface area contributed by atoms with Gasteiger partial charge in [-0.1, -0.05) is 0 Å². The van der Waals surface area contributed by atoms with Crippen molar-refractivity contribution in [3.05, 3.63) is 0 Å². The summed E-state index contributed by atoms with van der Waals surface area (Å²) in [5.74, 6) is -0.160. The van der Waals surface area contributed by atoms with E-state index in [1.54, 1.807) is 0 Å². The number of rotatable bonds is 22. The van der Waals surface area contributed by atoms with Crippen molar-refractivity contribution < 1.29 is 17.1 Å². The third-order valence-corrected chi connectivity index (χ3v) is 38.6. The molecule has 0 N–H and O–H groups in total. The summed E-state index contributed by atoms with van der Waals surface area (Å²) in [5.41, 5.74) is 0. The normalized spacial score (nSPS) is 12.1. The summed E-state index contributed by atoms with van der Waals surface area (Å²) in [6, 6.07) is 0. The van der Waals surface area contributed by atoms with Crippen LogP contribution in [0, 0.1) is 0 Å². The Morgan fingerprint density at radius 1 is 0.485 bits per heavy atom. The molecule has 0 saturated heterocycles. The third-order valence-electron chi connectivity index (χ3n) is 6.09. The summed E-state index contributed by atoms with van der Waals surface area (Å²) in [7, 11) is 0. The predicted molar refractivity (Wildman–Crippen MR) is 143 cm³/mol. The molecule has 5 nitrogen and oxygen atoms in total. The molecule has 0 fully saturated rings. The van der Waals surface area contributed by atoms with Gasteiger partial charge in [-0.2, -0.15) is 0 Å². The van der Waals surface area contributed by atoms with Gasteiger partial charge in [0.2, 0.25) is 0 Å². The minimum absolute atomic E-state index is 0.0802. The summed E-state index contributed by atoms with van der Waals surface area (Å²) >= 11 is -7.55. The molecule has 0 aromatic heterocycles. The Balaban J connectivity index is 6.13. The van der Waals surface area contributed by atoms with Gasteiger partial charge in [0.1, 0.15) is 0 Å². The first-order valence-corrected chi connectivity index (χ1v) is 26.7. The number of unbranched alkanes of at least 4 members (excludes halogenated alkanes) is 6. The van der Waals surface area contributed by atoms with Gasteiger partial charge in [0.25, 0.3) is 0 Å². The predicted octanol–water partition coefficient (Wildman–Crippen LogP) is 8.55. The summed E-state index contributed by atoms with van der Waals surface area (Å²) < 4.78 is 23.7. The topological polar surface area (TPSA) is 61.8 Å². The number of hydrogen-bond donors (Lipinski definition) is 0. The van der Waals surface area contributed by atoms with Gasteiger partial charge < -0.3 is 0 Å². The fourth-order valence-electron chi connectivity index (χ4n) is 3.98. The Labute approximate surface area is 215 Å². The van der Waals surface area contributed by atoms with E-state index < -0.39 is 38.4 Å². The second-order valence-electron chi connectivity index (χ2n) is 9.49. The SMILES string of the molecule is CCCCC(=O)[O][Sn]([CH2]CCC)([CH2]CCC)[O][Sn]([CH2]CCC)([CH2]CCC)[O]C(=O)CCCC. The van der Waals surface area contributed by atoms with E-state index in [4.69, 9.17) is 7.56 Å². The zero-order valence-electron chi connectivity index (χ0n) is 22.8. The molecule has 7 heteroatoms. The molecule has 0 amide bonds. The van der Waals surface area contributed by atoms with Gasteiger partial charge in [0, 0.05) is 0 Å². The van der Waals surface area contributed by atoms with Crippen LogP contribution < -0.4 is 0 Å². The van der Waals surface area contributed by atoms with Gasteiger partial charge in [-0.05, 0) is 0 Å². The Bertz CT molecular complexity index is 453. The Kier molecular flexibility index (Phi) is 21.0. The van der Waals surface area contributed by atoms with Gasteiger partial charge in [-0.25, -0.2) is 0 Å². The molecular formula is C26H54O5Sn2. The quantitative estimate of drug-likeness (QED) is 0.107. The van der Waals surface area contributed by atoms with E-state index in [1.165, 1.54) is 0 Å². The maximum atomic E-state index is 12.9. The van der Waals surface area contributed by atoms with Crippen molar-refractivity contribution >= 4 is 50.3 Å². The van der Waals surface area contributed by atoms with Crippen molar-refractivity contribution in [1.82, 2.24) is 0 Å². The Morgan fingerprint density at radius 3 is 1.00 bits per heavy atom. The number of carbonyl (C=O) groups excluding carboxylic acids is 2. The zero-order valence-corrected chi connectivity index (χ0v) is 28.5. The fraction of sp³-hybridized carbons (Fsp3) is 0.923. The van der Waals surface area contributed by atoms with Crippen LogP contribution in [-0.2, 0) is 17.1 Å². The van der Waals surface area contributed by atoms with Gasteiger partial charge in [0.05, 0.1) is 0 Å². The average molecular weight is 684 g/mol. The van der Waals surface area contributed by atoms with E-state index in [0.29, 0.717) is 12.8 Å². The fourth-order valence-corrected chi connectivity index (χ4v) is 45.4. The standard InChI is InChI=1S/2C5H10O2.4C4H9.O.2Sn/c2*1-2-3-4-5(6)7;4*1-3-4-2;;;/h2*2-4H2,1H3,(H,6,7);4*1,3-4H2,2H3;;;/q;;;;;;;2*+1/p-2. The summed E-state index contributed by atoms with van der Waals surface area (Å²) in [6.07, 6.45) is 12.9. The van der Waals surface area contributed by atoms with Crippen LogP contribution in [0.15, 0.2) is 0 Å². The van der Waals surface area contributed by atoms with E-state index in [2.05, 4.69) is 41.5 Å². The van der Waals surface area contributed by atoms with Crippen molar-refractivity contribution in [1.29, 1.82) is 0 Å². The minimum atomic E-state index is -3.78. The molecule has 0 aromatic rings. The van der Waals surface area contributed by atoms with Crippen LogP contribution in [0.3, 0.4) is 0 Å². The van der Waals surface area contributed by atoms with E-state index in [1.807, 2.05) is 0 Å². The first-order chi connectivity index (χ1) is 15.9. The Hall–Kier alpha value is 0.497. The summed E-state index contributed by atoms with van der Waals surface area (Å²) in [5, 5.41) is 0. The van der Waals surface area contributed by atoms with Gasteiger partial charge in [-0.15, -0.1) is 0 Å². The molecule has 0 rings (SSSR count). The first-order valence-electron chi connectivity index (χ1n) is 14.0. The molecule has 196 valence electrons. The van der Waals surface area contributed by atoms with Crippen LogP contribution in [0.4, 0.5) is 0 Å². The van der Waals surface area contributed by atoms with E-state index in [9.17, 15) is 9.59 Å². The molecule has 0 spiro atoms. The third kappa shape index (κ3) is 15.3. The Morgan fingerprint density at radius 2 is 0.758 bits per heavy atom. The van der Waals surface area contributed by atoms with Crippen molar-refractivity contribution in [2.45, 2.75) is 149 Å². The van der Waals surface area contributed by atoms with Gasteiger partial charge >= 0.3 is 217 Å².